The maximum atomic E-state index is 13.9. The molecule has 0 aliphatic rings. The Morgan fingerprint density at radius 3 is 2.51 bits per heavy atom. The Labute approximate surface area is 202 Å². The number of benzene rings is 3. The summed E-state index contributed by atoms with van der Waals surface area (Å²) in [6.07, 6.45) is 0. The topological polar surface area (TPSA) is 88.7 Å². The van der Waals surface area contributed by atoms with Gasteiger partial charge in [-0.15, -0.1) is 0 Å². The van der Waals surface area contributed by atoms with Gasteiger partial charge in [-0.1, -0.05) is 41.6 Å². The minimum Gasteiger partial charge on any atom is -0.480 e. The highest BCUT2D eigenvalue weighted by atomic mass is 19.1. The molecule has 1 aromatic heterocycles. The van der Waals surface area contributed by atoms with E-state index in [1.807, 2.05) is 49.4 Å². The zero-order chi connectivity index (χ0) is 24.9. The lowest BCUT2D eigenvalue weighted by molar-refractivity contribution is -0.138. The minimum absolute atomic E-state index is 0.0292. The second-order valence-electron chi connectivity index (χ2n) is 8.45. The van der Waals surface area contributed by atoms with Gasteiger partial charge >= 0.3 is 5.97 Å². The summed E-state index contributed by atoms with van der Waals surface area (Å²) in [7, 11) is 3.37. The van der Waals surface area contributed by atoms with E-state index in [1.165, 1.54) is 12.1 Å². The molecule has 0 atom stereocenters. The maximum absolute atomic E-state index is 13.9. The van der Waals surface area contributed by atoms with E-state index in [2.05, 4.69) is 10.1 Å². The molecule has 4 rings (SSSR count). The number of hydrogen-bond acceptors (Lipinski definition) is 6. The summed E-state index contributed by atoms with van der Waals surface area (Å²) in [5.74, 6) is -0.343. The maximum Gasteiger partial charge on any atom is 0.317 e. The number of aryl methyl sites for hydroxylation is 1. The van der Waals surface area contributed by atoms with Crippen LogP contribution in [0, 0.1) is 12.7 Å². The van der Waals surface area contributed by atoms with Gasteiger partial charge in [-0.25, -0.2) is 4.39 Å². The fourth-order valence-corrected chi connectivity index (χ4v) is 3.96. The summed E-state index contributed by atoms with van der Waals surface area (Å²) in [6, 6.07) is 18.0. The molecule has 0 fully saturated rings. The van der Waals surface area contributed by atoms with Gasteiger partial charge in [0.1, 0.15) is 5.82 Å². The minimum atomic E-state index is -0.865. The first-order chi connectivity index (χ1) is 16.8. The smallest absolute Gasteiger partial charge is 0.317 e. The predicted molar refractivity (Wildman–Crippen MR) is 130 cm³/mol. The molecule has 0 aliphatic carbocycles. The van der Waals surface area contributed by atoms with Crippen molar-refractivity contribution in [1.29, 1.82) is 0 Å². The van der Waals surface area contributed by atoms with Crippen LogP contribution in [0.5, 0.6) is 0 Å². The van der Waals surface area contributed by atoms with E-state index in [-0.39, 0.29) is 12.4 Å². The van der Waals surface area contributed by atoms with Crippen molar-refractivity contribution in [3.8, 4) is 34.0 Å². The van der Waals surface area contributed by atoms with Crippen LogP contribution in [-0.4, -0.2) is 46.8 Å². The van der Waals surface area contributed by atoms with Crippen molar-refractivity contribution in [2.75, 3.05) is 20.7 Å². The Hall–Kier alpha value is -3.88. The van der Waals surface area contributed by atoms with E-state index < -0.39 is 5.97 Å². The molecule has 35 heavy (non-hydrogen) atoms. The van der Waals surface area contributed by atoms with Crippen LogP contribution < -0.4 is 0 Å². The molecule has 0 saturated heterocycles. The normalized spacial score (nSPS) is 11.2. The molecule has 0 bridgehead atoms. The van der Waals surface area contributed by atoms with Gasteiger partial charge in [-0.3, -0.25) is 9.69 Å². The number of carbonyl (C=O) groups is 1. The Morgan fingerprint density at radius 1 is 1.06 bits per heavy atom. The summed E-state index contributed by atoms with van der Waals surface area (Å²) in [5, 5.41) is 13.0. The number of carboxylic acid groups (broad SMARTS) is 1. The molecule has 4 aromatic rings. The number of nitrogens with zero attached hydrogens (tertiary/aromatic N) is 3. The van der Waals surface area contributed by atoms with E-state index in [1.54, 1.807) is 25.1 Å². The van der Waals surface area contributed by atoms with Crippen molar-refractivity contribution in [2.45, 2.75) is 20.1 Å². The second-order valence-corrected chi connectivity index (χ2v) is 8.45. The van der Waals surface area contributed by atoms with E-state index in [0.717, 1.165) is 38.9 Å². The summed E-state index contributed by atoms with van der Waals surface area (Å²) >= 11 is 0. The third kappa shape index (κ3) is 5.79. The van der Waals surface area contributed by atoms with Gasteiger partial charge in [0.05, 0.1) is 13.2 Å². The molecule has 0 unspecified atom stereocenters. The zero-order valence-electron chi connectivity index (χ0n) is 19.8. The lowest BCUT2D eigenvalue weighted by atomic mass is 9.94. The van der Waals surface area contributed by atoms with Gasteiger partial charge in [0.15, 0.2) is 0 Å². The number of rotatable bonds is 9. The number of carboxylic acids is 1. The van der Waals surface area contributed by atoms with Gasteiger partial charge in [0.2, 0.25) is 5.82 Å². The average Bonchev–Trinajstić information content (AvgIpc) is 3.31. The molecule has 0 spiro atoms. The highest BCUT2D eigenvalue weighted by Crippen LogP contribution is 2.32. The Balaban J connectivity index is 1.58. The summed E-state index contributed by atoms with van der Waals surface area (Å²) < 4.78 is 24.8. The van der Waals surface area contributed by atoms with Crippen LogP contribution in [0.2, 0.25) is 0 Å². The largest absolute Gasteiger partial charge is 0.480 e. The van der Waals surface area contributed by atoms with Crippen molar-refractivity contribution in [3.63, 3.8) is 0 Å². The summed E-state index contributed by atoms with van der Waals surface area (Å²) in [4.78, 5) is 17.1. The Morgan fingerprint density at radius 2 is 1.80 bits per heavy atom. The Bertz CT molecular complexity index is 1330. The van der Waals surface area contributed by atoms with E-state index in [9.17, 15) is 9.18 Å². The quantitative estimate of drug-likeness (QED) is 0.357. The molecule has 7 nitrogen and oxygen atoms in total. The van der Waals surface area contributed by atoms with Crippen LogP contribution in [0.25, 0.3) is 34.0 Å². The third-order valence-electron chi connectivity index (χ3n) is 5.64. The van der Waals surface area contributed by atoms with Gasteiger partial charge in [-0.05, 0) is 66.1 Å². The first kappa shape index (κ1) is 24.3. The molecular weight excluding hydrogens is 449 g/mol. The van der Waals surface area contributed by atoms with E-state index in [4.69, 9.17) is 14.4 Å². The fraction of sp³-hybridized carbons (Fsp3) is 0.222. The van der Waals surface area contributed by atoms with Crippen LogP contribution in [0.3, 0.4) is 0 Å². The van der Waals surface area contributed by atoms with Gasteiger partial charge in [0.25, 0.3) is 5.89 Å². The van der Waals surface area contributed by atoms with Crippen LogP contribution in [0.4, 0.5) is 4.39 Å². The molecule has 0 radical (unpaired) electrons. The van der Waals surface area contributed by atoms with Crippen LogP contribution in [-0.2, 0) is 22.7 Å². The van der Waals surface area contributed by atoms with Crippen molar-refractivity contribution >= 4 is 5.97 Å². The highest BCUT2D eigenvalue weighted by Gasteiger charge is 2.15. The average molecular weight is 476 g/mol. The van der Waals surface area contributed by atoms with Gasteiger partial charge in [-0.2, -0.15) is 4.98 Å². The molecule has 0 saturated carbocycles. The standard InChI is InChI=1S/C27H26FN3O4/c1-17-4-10-22(28)13-24(17)23-11-9-20(12-21(23)16-34-3)27-29-26(30-35-27)19-7-5-18(6-8-19)14-31(2)15-25(32)33/h4-13H,14-16H2,1-3H3,(H,32,33). The van der Waals surface area contributed by atoms with Crippen LogP contribution in [0.1, 0.15) is 16.7 Å². The number of ether oxygens (including phenoxy) is 1. The molecule has 180 valence electrons. The zero-order valence-corrected chi connectivity index (χ0v) is 19.8. The summed E-state index contributed by atoms with van der Waals surface area (Å²) in [5.41, 5.74) is 6.05. The number of halogens is 1. The molecule has 1 heterocycles. The van der Waals surface area contributed by atoms with Crippen molar-refractivity contribution in [1.82, 2.24) is 15.0 Å². The van der Waals surface area contributed by atoms with Crippen molar-refractivity contribution in [2.24, 2.45) is 0 Å². The van der Waals surface area contributed by atoms with E-state index >= 15 is 0 Å². The number of likely N-dealkylation sites (N-methyl/N-ethyl adjacent to an activating group) is 1. The van der Waals surface area contributed by atoms with Crippen molar-refractivity contribution in [3.05, 3.63) is 83.2 Å². The lowest BCUT2D eigenvalue weighted by Gasteiger charge is -2.13. The van der Waals surface area contributed by atoms with Gasteiger partial charge in [0, 0.05) is 24.8 Å². The van der Waals surface area contributed by atoms with E-state index in [0.29, 0.717) is 24.9 Å². The molecule has 0 aliphatic heterocycles. The molecule has 3 aromatic carbocycles. The predicted octanol–water partition coefficient (Wildman–Crippen LogP) is 5.18. The molecule has 1 N–H and O–H groups in total. The Kier molecular flexibility index (Phi) is 7.33. The van der Waals surface area contributed by atoms with Gasteiger partial charge < -0.3 is 14.4 Å². The van der Waals surface area contributed by atoms with Crippen molar-refractivity contribution < 1.29 is 23.6 Å². The van der Waals surface area contributed by atoms with Crippen LogP contribution in [0.15, 0.2) is 65.2 Å². The third-order valence-corrected chi connectivity index (χ3v) is 5.64. The van der Waals surface area contributed by atoms with Crippen LogP contribution >= 0.6 is 0 Å². The number of aromatic nitrogens is 2. The number of hydrogen-bond donors (Lipinski definition) is 1. The monoisotopic (exact) mass is 475 g/mol. The SMILES string of the molecule is COCc1cc(-c2nc(-c3ccc(CN(C)CC(=O)O)cc3)no2)ccc1-c1cc(F)ccc1C. The molecule has 8 heteroatoms. The highest BCUT2D eigenvalue weighted by molar-refractivity contribution is 5.74. The molecular formula is C27H26FN3O4. The summed E-state index contributed by atoms with van der Waals surface area (Å²) in [6.45, 7) is 2.78. The number of aliphatic carboxylic acids is 1. The number of methoxy groups -OCH3 is 1. The second kappa shape index (κ2) is 10.6. The fourth-order valence-electron chi connectivity index (χ4n) is 3.96. The molecule has 0 amide bonds. The first-order valence-electron chi connectivity index (χ1n) is 11.1. The first-order valence-corrected chi connectivity index (χ1v) is 11.1. The lowest BCUT2D eigenvalue weighted by Crippen LogP contribution is -2.25.